The quantitative estimate of drug-likeness (QED) is 0.855. The van der Waals surface area contributed by atoms with Gasteiger partial charge in [0.15, 0.2) is 0 Å². The Balaban J connectivity index is 2.13. The zero-order valence-electron chi connectivity index (χ0n) is 12.9. The minimum atomic E-state index is 0.0541. The lowest BCUT2D eigenvalue weighted by Gasteiger charge is -2.22. The Bertz CT molecular complexity index is 430. The van der Waals surface area contributed by atoms with Crippen LogP contribution in [-0.4, -0.2) is 22.9 Å². The lowest BCUT2D eigenvalue weighted by Crippen LogP contribution is -2.31. The molecule has 1 fully saturated rings. The van der Waals surface area contributed by atoms with Crippen molar-refractivity contribution in [3.05, 3.63) is 17.5 Å². The number of aromatic nitrogens is 2. The molecule has 4 nitrogen and oxygen atoms in total. The molecule has 1 aliphatic carbocycles. The molecule has 0 aromatic carbocycles. The molecule has 1 heterocycles. The van der Waals surface area contributed by atoms with Crippen LogP contribution in [0, 0.1) is 11.8 Å². The van der Waals surface area contributed by atoms with Crippen molar-refractivity contribution in [3.63, 3.8) is 0 Å². The summed E-state index contributed by atoms with van der Waals surface area (Å²) in [5, 5.41) is 8.26. The van der Waals surface area contributed by atoms with E-state index in [-0.39, 0.29) is 11.5 Å². The zero-order chi connectivity index (χ0) is 14.2. The van der Waals surface area contributed by atoms with Gasteiger partial charge in [-0.3, -0.25) is 4.68 Å². The summed E-state index contributed by atoms with van der Waals surface area (Å²) in [6.07, 6.45) is 3.46. The summed E-state index contributed by atoms with van der Waals surface area (Å²) in [5.74, 6) is 1.71. The van der Waals surface area contributed by atoms with Crippen LogP contribution in [0.25, 0.3) is 0 Å². The highest BCUT2D eigenvalue weighted by Gasteiger charge is 2.33. The van der Waals surface area contributed by atoms with Crippen LogP contribution in [-0.2, 0) is 12.5 Å². The maximum absolute atomic E-state index is 5.97. The average Bonchev–Trinajstić information content (AvgIpc) is 2.84. The molecule has 0 bridgehead atoms. The molecule has 108 valence electrons. The van der Waals surface area contributed by atoms with Gasteiger partial charge in [-0.1, -0.05) is 27.7 Å². The fourth-order valence-corrected chi connectivity index (χ4v) is 2.64. The predicted octanol–water partition coefficient (Wildman–Crippen LogP) is 1.96. The van der Waals surface area contributed by atoms with Gasteiger partial charge in [-0.25, -0.2) is 0 Å². The number of nitrogens with two attached hydrogens (primary N) is 1. The Kier molecular flexibility index (Phi) is 4.02. The largest absolute Gasteiger partial charge is 0.329 e. The first-order valence-corrected chi connectivity index (χ1v) is 7.30. The van der Waals surface area contributed by atoms with Crippen molar-refractivity contribution in [2.75, 3.05) is 13.1 Å². The van der Waals surface area contributed by atoms with E-state index >= 15 is 0 Å². The summed E-state index contributed by atoms with van der Waals surface area (Å²) >= 11 is 0. The van der Waals surface area contributed by atoms with E-state index in [1.165, 1.54) is 12.0 Å². The van der Waals surface area contributed by atoms with Crippen LogP contribution >= 0.6 is 0 Å². The lowest BCUT2D eigenvalue weighted by molar-refractivity contribution is 0.490. The minimum absolute atomic E-state index is 0.0541. The van der Waals surface area contributed by atoms with Gasteiger partial charge in [0.05, 0.1) is 5.69 Å². The third-order valence-electron chi connectivity index (χ3n) is 4.08. The SMILES string of the molecule is CC1CC1CNC(CN)c1cn(C)nc1C(C)(C)C. The van der Waals surface area contributed by atoms with E-state index < -0.39 is 0 Å². The molecule has 19 heavy (non-hydrogen) atoms. The van der Waals surface area contributed by atoms with E-state index in [0.717, 1.165) is 24.1 Å². The fourth-order valence-electron chi connectivity index (χ4n) is 2.64. The zero-order valence-corrected chi connectivity index (χ0v) is 12.9. The highest BCUT2D eigenvalue weighted by Crippen LogP contribution is 2.37. The summed E-state index contributed by atoms with van der Waals surface area (Å²) < 4.78 is 1.90. The fraction of sp³-hybridized carbons (Fsp3) is 0.800. The first-order chi connectivity index (χ1) is 8.82. The average molecular weight is 264 g/mol. The van der Waals surface area contributed by atoms with Crippen LogP contribution in [0.4, 0.5) is 0 Å². The highest BCUT2D eigenvalue weighted by molar-refractivity contribution is 5.27. The molecule has 0 aliphatic heterocycles. The van der Waals surface area contributed by atoms with Crippen molar-refractivity contribution in [1.29, 1.82) is 0 Å². The normalized spacial score (nSPS) is 24.5. The molecule has 4 heteroatoms. The standard InChI is InChI=1S/C15H28N4/c1-10-6-11(10)8-17-13(7-16)12-9-19(5)18-14(12)15(2,3)4/h9-11,13,17H,6-8,16H2,1-5H3. The molecule has 0 spiro atoms. The number of hydrogen-bond donors (Lipinski definition) is 2. The van der Waals surface area contributed by atoms with Gasteiger partial charge in [-0.15, -0.1) is 0 Å². The van der Waals surface area contributed by atoms with Gasteiger partial charge in [0.2, 0.25) is 0 Å². The van der Waals surface area contributed by atoms with Gasteiger partial charge in [-0.05, 0) is 24.8 Å². The topological polar surface area (TPSA) is 55.9 Å². The van der Waals surface area contributed by atoms with Crippen LogP contribution in [0.3, 0.4) is 0 Å². The summed E-state index contributed by atoms with van der Waals surface area (Å²) in [5.41, 5.74) is 8.43. The minimum Gasteiger partial charge on any atom is -0.329 e. The number of nitrogens with one attached hydrogen (secondary N) is 1. The Morgan fingerprint density at radius 2 is 2.16 bits per heavy atom. The molecule has 0 amide bonds. The maximum Gasteiger partial charge on any atom is 0.0726 e. The molecule has 2 rings (SSSR count). The Morgan fingerprint density at radius 1 is 1.53 bits per heavy atom. The lowest BCUT2D eigenvalue weighted by atomic mass is 9.87. The van der Waals surface area contributed by atoms with Crippen LogP contribution in [0.1, 0.15) is 51.4 Å². The van der Waals surface area contributed by atoms with Crippen LogP contribution in [0.15, 0.2) is 6.20 Å². The van der Waals surface area contributed by atoms with Crippen LogP contribution in [0.5, 0.6) is 0 Å². The van der Waals surface area contributed by atoms with E-state index in [1.54, 1.807) is 0 Å². The van der Waals surface area contributed by atoms with E-state index in [4.69, 9.17) is 5.73 Å². The third-order valence-corrected chi connectivity index (χ3v) is 4.08. The second-order valence-corrected chi connectivity index (χ2v) is 7.03. The first kappa shape index (κ1) is 14.5. The molecular weight excluding hydrogens is 236 g/mol. The molecule has 1 aromatic heterocycles. The molecular formula is C15H28N4. The van der Waals surface area contributed by atoms with Gasteiger partial charge in [-0.2, -0.15) is 5.10 Å². The first-order valence-electron chi connectivity index (χ1n) is 7.30. The van der Waals surface area contributed by atoms with Crippen molar-refractivity contribution >= 4 is 0 Å². The van der Waals surface area contributed by atoms with Crippen molar-refractivity contribution in [3.8, 4) is 0 Å². The summed E-state index contributed by atoms with van der Waals surface area (Å²) in [6.45, 7) is 10.6. The number of nitrogens with zero attached hydrogens (tertiary/aromatic N) is 2. The number of rotatable bonds is 5. The van der Waals surface area contributed by atoms with E-state index in [1.807, 2.05) is 11.7 Å². The van der Waals surface area contributed by atoms with Crippen molar-refractivity contribution in [1.82, 2.24) is 15.1 Å². The summed E-state index contributed by atoms with van der Waals surface area (Å²) in [4.78, 5) is 0. The number of hydrogen-bond acceptors (Lipinski definition) is 3. The second-order valence-electron chi connectivity index (χ2n) is 7.03. The predicted molar refractivity (Wildman–Crippen MR) is 79.0 cm³/mol. The van der Waals surface area contributed by atoms with Gasteiger partial charge in [0, 0.05) is 36.8 Å². The molecule has 3 atom stereocenters. The van der Waals surface area contributed by atoms with E-state index in [0.29, 0.717) is 6.54 Å². The second kappa shape index (κ2) is 5.25. The van der Waals surface area contributed by atoms with Crippen LogP contribution < -0.4 is 11.1 Å². The molecule has 0 saturated heterocycles. The summed E-state index contributed by atoms with van der Waals surface area (Å²) in [6, 6.07) is 0.218. The monoisotopic (exact) mass is 264 g/mol. The summed E-state index contributed by atoms with van der Waals surface area (Å²) in [7, 11) is 1.98. The van der Waals surface area contributed by atoms with E-state index in [2.05, 4.69) is 44.3 Å². The molecule has 1 aromatic rings. The smallest absolute Gasteiger partial charge is 0.0726 e. The molecule has 3 unspecified atom stereocenters. The number of aryl methyl sites for hydroxylation is 1. The Morgan fingerprint density at radius 3 is 2.63 bits per heavy atom. The van der Waals surface area contributed by atoms with Crippen molar-refractivity contribution in [2.45, 2.75) is 45.6 Å². The molecule has 0 radical (unpaired) electrons. The Labute approximate surface area is 116 Å². The molecule has 1 aliphatic rings. The third kappa shape index (κ3) is 3.37. The van der Waals surface area contributed by atoms with Gasteiger partial charge in [0.25, 0.3) is 0 Å². The van der Waals surface area contributed by atoms with Crippen molar-refractivity contribution in [2.24, 2.45) is 24.6 Å². The molecule has 1 saturated carbocycles. The van der Waals surface area contributed by atoms with Crippen LogP contribution in [0.2, 0.25) is 0 Å². The van der Waals surface area contributed by atoms with Gasteiger partial charge >= 0.3 is 0 Å². The Hall–Kier alpha value is -0.870. The molecule has 3 N–H and O–H groups in total. The maximum atomic E-state index is 5.97. The van der Waals surface area contributed by atoms with E-state index in [9.17, 15) is 0 Å². The van der Waals surface area contributed by atoms with Gasteiger partial charge < -0.3 is 11.1 Å². The van der Waals surface area contributed by atoms with Gasteiger partial charge in [0.1, 0.15) is 0 Å². The van der Waals surface area contributed by atoms with Crippen molar-refractivity contribution < 1.29 is 0 Å². The highest BCUT2D eigenvalue weighted by atomic mass is 15.3.